The second kappa shape index (κ2) is 13.9. The lowest BCUT2D eigenvalue weighted by Gasteiger charge is -2.32. The number of hydrogen-bond acceptors (Lipinski definition) is 4. The number of nitrogens with one attached hydrogen (secondary N) is 1. The first kappa shape index (κ1) is 29.8. The smallest absolute Gasteiger partial charge is 0.243 e. The Morgan fingerprint density at radius 1 is 0.949 bits per heavy atom. The minimum atomic E-state index is -3.79. The number of carbonyl (C=O) groups excluding carboxylic acids is 2. The van der Waals surface area contributed by atoms with E-state index in [0.29, 0.717) is 13.0 Å². The molecule has 1 unspecified atom stereocenters. The molecule has 0 aromatic heterocycles. The Hall–Kier alpha value is -3.72. The topological polar surface area (TPSA) is 86.8 Å². The summed E-state index contributed by atoms with van der Waals surface area (Å²) in [5.41, 5.74) is 2.76. The summed E-state index contributed by atoms with van der Waals surface area (Å²) in [7, 11) is -3.79. The Balaban J connectivity index is 1.88. The molecule has 1 atom stereocenters. The fourth-order valence-corrected chi connectivity index (χ4v) is 5.42. The van der Waals surface area contributed by atoms with Gasteiger partial charge in [-0.05, 0) is 49.1 Å². The van der Waals surface area contributed by atoms with E-state index in [1.54, 1.807) is 11.0 Å². The number of nitrogens with zero attached hydrogens (tertiary/aromatic N) is 2. The van der Waals surface area contributed by atoms with Gasteiger partial charge in [0.05, 0.1) is 11.9 Å². The summed E-state index contributed by atoms with van der Waals surface area (Å²) in [4.78, 5) is 28.6. The molecular formula is C30H36FN3O4S. The number of likely N-dealkylation sites (N-methyl/N-ethyl adjacent to an activating group) is 1. The molecule has 3 rings (SSSR count). The van der Waals surface area contributed by atoms with Gasteiger partial charge in [-0.25, -0.2) is 12.8 Å². The van der Waals surface area contributed by atoms with Gasteiger partial charge in [-0.1, -0.05) is 66.7 Å². The molecule has 0 spiro atoms. The van der Waals surface area contributed by atoms with Crippen molar-refractivity contribution in [3.8, 4) is 0 Å². The highest BCUT2D eigenvalue weighted by atomic mass is 32.2. The fourth-order valence-electron chi connectivity index (χ4n) is 4.45. The number of carbonyl (C=O) groups is 2. The molecule has 0 heterocycles. The van der Waals surface area contributed by atoms with Gasteiger partial charge in [-0.2, -0.15) is 0 Å². The van der Waals surface area contributed by atoms with Crippen molar-refractivity contribution in [1.29, 1.82) is 0 Å². The van der Waals surface area contributed by atoms with Gasteiger partial charge in [0, 0.05) is 32.5 Å². The molecule has 208 valence electrons. The van der Waals surface area contributed by atoms with Crippen LogP contribution in [0.3, 0.4) is 0 Å². The molecule has 7 nitrogen and oxygen atoms in total. The van der Waals surface area contributed by atoms with Crippen LogP contribution < -0.4 is 9.62 Å². The number of amides is 2. The number of para-hydroxylation sites is 1. The van der Waals surface area contributed by atoms with Crippen molar-refractivity contribution in [3.05, 3.63) is 101 Å². The van der Waals surface area contributed by atoms with E-state index in [1.807, 2.05) is 68.4 Å². The number of anilines is 1. The van der Waals surface area contributed by atoms with Crippen LogP contribution in [-0.4, -0.2) is 50.5 Å². The average Bonchev–Trinajstić information content (AvgIpc) is 2.90. The number of aryl methyl sites for hydroxylation is 1. The second-order valence-corrected chi connectivity index (χ2v) is 11.3. The molecular weight excluding hydrogens is 517 g/mol. The lowest BCUT2D eigenvalue weighted by molar-refractivity contribution is -0.141. The van der Waals surface area contributed by atoms with Crippen LogP contribution in [0, 0.1) is 12.7 Å². The summed E-state index contributed by atoms with van der Waals surface area (Å²) in [5.74, 6) is -1.20. The summed E-state index contributed by atoms with van der Waals surface area (Å²) >= 11 is 0. The van der Waals surface area contributed by atoms with Crippen LogP contribution in [0.4, 0.5) is 10.1 Å². The van der Waals surface area contributed by atoms with Crippen molar-refractivity contribution >= 4 is 27.5 Å². The minimum absolute atomic E-state index is 0.0168. The Labute approximate surface area is 230 Å². The zero-order chi connectivity index (χ0) is 28.4. The molecule has 2 amide bonds. The van der Waals surface area contributed by atoms with Crippen molar-refractivity contribution in [3.63, 3.8) is 0 Å². The maximum Gasteiger partial charge on any atom is 0.243 e. The Morgan fingerprint density at radius 3 is 2.23 bits per heavy atom. The molecule has 1 N–H and O–H groups in total. The third-order valence-electron chi connectivity index (χ3n) is 6.50. The van der Waals surface area contributed by atoms with Gasteiger partial charge in [0.1, 0.15) is 11.9 Å². The molecule has 3 aromatic rings. The fraction of sp³-hybridized carbons (Fsp3) is 0.333. The predicted molar refractivity (Wildman–Crippen MR) is 152 cm³/mol. The molecule has 39 heavy (non-hydrogen) atoms. The number of halogens is 1. The number of hydrogen-bond donors (Lipinski definition) is 1. The van der Waals surface area contributed by atoms with Gasteiger partial charge >= 0.3 is 0 Å². The molecule has 0 radical (unpaired) electrons. The second-order valence-electron chi connectivity index (χ2n) is 9.44. The van der Waals surface area contributed by atoms with Crippen molar-refractivity contribution in [2.24, 2.45) is 0 Å². The third-order valence-corrected chi connectivity index (χ3v) is 7.68. The largest absolute Gasteiger partial charge is 0.355 e. The summed E-state index contributed by atoms with van der Waals surface area (Å²) in [5, 5.41) is 2.86. The van der Waals surface area contributed by atoms with Gasteiger partial charge in [-0.15, -0.1) is 0 Å². The van der Waals surface area contributed by atoms with Gasteiger partial charge in [0.2, 0.25) is 21.8 Å². The quantitative estimate of drug-likeness (QED) is 0.339. The number of benzene rings is 3. The standard InChI is InChI=1S/C30H36FN3O4S/c1-4-32-30(36)28(21-24-14-6-5-7-15-24)33(22-25-16-9-8-13-23(25)2)29(35)19-12-20-34(39(3,37)38)27-18-11-10-17-26(27)31/h5-11,13-18,28H,4,12,19-22H2,1-3H3,(H,32,36). The van der Waals surface area contributed by atoms with E-state index in [2.05, 4.69) is 5.32 Å². The molecule has 0 bridgehead atoms. The number of rotatable bonds is 13. The van der Waals surface area contributed by atoms with E-state index in [4.69, 9.17) is 0 Å². The molecule has 0 saturated heterocycles. The van der Waals surface area contributed by atoms with E-state index in [9.17, 15) is 22.4 Å². The molecule has 0 aliphatic rings. The Kier molecular flexibility index (Phi) is 10.6. The van der Waals surface area contributed by atoms with Crippen molar-refractivity contribution in [1.82, 2.24) is 10.2 Å². The Morgan fingerprint density at radius 2 is 1.59 bits per heavy atom. The summed E-state index contributed by atoms with van der Waals surface area (Å²) < 4.78 is 40.3. The first-order chi connectivity index (χ1) is 18.6. The van der Waals surface area contributed by atoms with Crippen LogP contribution >= 0.6 is 0 Å². The highest BCUT2D eigenvalue weighted by Crippen LogP contribution is 2.23. The van der Waals surface area contributed by atoms with Crippen LogP contribution in [-0.2, 0) is 32.6 Å². The minimum Gasteiger partial charge on any atom is -0.355 e. The predicted octanol–water partition coefficient (Wildman–Crippen LogP) is 4.46. The van der Waals surface area contributed by atoms with E-state index in [1.165, 1.54) is 18.2 Å². The number of sulfonamides is 1. The molecule has 9 heteroatoms. The maximum absolute atomic E-state index is 14.4. The van der Waals surface area contributed by atoms with Crippen molar-refractivity contribution in [2.75, 3.05) is 23.7 Å². The third kappa shape index (κ3) is 8.38. The van der Waals surface area contributed by atoms with E-state index in [-0.39, 0.29) is 43.4 Å². The summed E-state index contributed by atoms with van der Waals surface area (Å²) in [6.07, 6.45) is 1.47. The SMILES string of the molecule is CCNC(=O)C(Cc1ccccc1)N(Cc1ccccc1C)C(=O)CCCN(c1ccccc1F)S(C)(=O)=O. The van der Waals surface area contributed by atoms with Crippen LogP contribution in [0.25, 0.3) is 0 Å². The maximum atomic E-state index is 14.4. The Bertz CT molecular complexity index is 1370. The normalized spacial score (nSPS) is 12.0. The van der Waals surface area contributed by atoms with Crippen molar-refractivity contribution in [2.45, 2.75) is 45.7 Å². The van der Waals surface area contributed by atoms with Gasteiger partial charge < -0.3 is 10.2 Å². The molecule has 0 saturated carbocycles. The van der Waals surface area contributed by atoms with Crippen LogP contribution in [0.2, 0.25) is 0 Å². The van der Waals surface area contributed by atoms with Gasteiger partial charge in [0.25, 0.3) is 0 Å². The first-order valence-electron chi connectivity index (χ1n) is 13.0. The molecule has 0 aliphatic heterocycles. The van der Waals surface area contributed by atoms with Crippen LogP contribution in [0.1, 0.15) is 36.5 Å². The van der Waals surface area contributed by atoms with E-state index < -0.39 is 21.9 Å². The molecule has 3 aromatic carbocycles. The zero-order valence-electron chi connectivity index (χ0n) is 22.6. The highest BCUT2D eigenvalue weighted by molar-refractivity contribution is 7.92. The summed E-state index contributed by atoms with van der Waals surface area (Å²) in [6, 6.07) is 22.1. The van der Waals surface area contributed by atoms with Gasteiger partial charge in [0.15, 0.2) is 0 Å². The van der Waals surface area contributed by atoms with Gasteiger partial charge in [-0.3, -0.25) is 13.9 Å². The van der Waals surface area contributed by atoms with Crippen molar-refractivity contribution < 1.29 is 22.4 Å². The first-order valence-corrected chi connectivity index (χ1v) is 14.8. The zero-order valence-corrected chi connectivity index (χ0v) is 23.5. The van der Waals surface area contributed by atoms with Crippen LogP contribution in [0.5, 0.6) is 0 Å². The summed E-state index contributed by atoms with van der Waals surface area (Å²) in [6.45, 7) is 4.35. The van der Waals surface area contributed by atoms with E-state index in [0.717, 1.165) is 27.3 Å². The average molecular weight is 554 g/mol. The lowest BCUT2D eigenvalue weighted by Crippen LogP contribution is -2.50. The van der Waals surface area contributed by atoms with E-state index >= 15 is 0 Å². The lowest BCUT2D eigenvalue weighted by atomic mass is 10.0. The highest BCUT2D eigenvalue weighted by Gasteiger charge is 2.30. The molecule has 0 fully saturated rings. The monoisotopic (exact) mass is 553 g/mol. The molecule has 0 aliphatic carbocycles. The van der Waals surface area contributed by atoms with Crippen LogP contribution in [0.15, 0.2) is 78.9 Å².